The lowest BCUT2D eigenvalue weighted by Crippen LogP contribution is -2.09. The van der Waals surface area contributed by atoms with Crippen LogP contribution >= 0.6 is 7.60 Å². The molecule has 0 aromatic heterocycles. The van der Waals surface area contributed by atoms with Gasteiger partial charge in [-0.05, 0) is 36.8 Å². The molecule has 1 heterocycles. The van der Waals surface area contributed by atoms with E-state index in [0.717, 1.165) is 0 Å². The summed E-state index contributed by atoms with van der Waals surface area (Å²) in [5.41, 5.74) is 1.42. The number of rotatable bonds is 3. The monoisotopic (exact) mass is 327 g/mol. The van der Waals surface area contributed by atoms with Crippen molar-refractivity contribution in [3.8, 4) is 11.8 Å². The quantitative estimate of drug-likeness (QED) is 0.836. The highest BCUT2D eigenvalue weighted by molar-refractivity contribution is 7.66. The van der Waals surface area contributed by atoms with Gasteiger partial charge in [0.2, 0.25) is 0 Å². The number of benzene rings is 2. The first-order chi connectivity index (χ1) is 11.1. The third kappa shape index (κ3) is 2.63. The smallest absolute Gasteiger partial charge is 0.415 e. The Bertz CT molecular complexity index is 865. The van der Waals surface area contributed by atoms with Gasteiger partial charge in [-0.2, -0.15) is 5.26 Å². The van der Waals surface area contributed by atoms with Crippen LogP contribution < -0.4 is 4.52 Å². The first kappa shape index (κ1) is 15.4. The van der Waals surface area contributed by atoms with Crippen LogP contribution in [0.4, 0.5) is 0 Å². The molecule has 3 rings (SSSR count). The molecule has 116 valence electrons. The van der Waals surface area contributed by atoms with Crippen molar-refractivity contribution in [3.63, 3.8) is 0 Å². The van der Waals surface area contributed by atoms with Crippen molar-refractivity contribution >= 4 is 18.7 Å². The average molecular weight is 327 g/mol. The summed E-state index contributed by atoms with van der Waals surface area (Å²) >= 11 is 0. The number of aliphatic hydroxyl groups is 1. The third-order valence-corrected chi connectivity index (χ3v) is 5.50. The van der Waals surface area contributed by atoms with Crippen LogP contribution in [-0.4, -0.2) is 11.7 Å². The second-order valence-corrected chi connectivity index (χ2v) is 6.77. The first-order valence-electron chi connectivity index (χ1n) is 7.07. The molecular weight excluding hydrogens is 313 g/mol. The average Bonchev–Trinajstić information content (AvgIpc) is 2.55. The zero-order valence-corrected chi connectivity index (χ0v) is 13.3. The van der Waals surface area contributed by atoms with Crippen molar-refractivity contribution < 1.29 is 18.7 Å². The fraction of sp³-hybridized carbons (Fsp3) is 0.118. The minimum Gasteiger partial charge on any atom is -0.506 e. The predicted octanol–water partition coefficient (Wildman–Crippen LogP) is 4.56. The molecule has 1 unspecified atom stereocenters. The molecule has 5 nitrogen and oxygen atoms in total. The molecule has 0 saturated heterocycles. The lowest BCUT2D eigenvalue weighted by Gasteiger charge is -2.27. The summed E-state index contributed by atoms with van der Waals surface area (Å²) < 4.78 is 24.1. The van der Waals surface area contributed by atoms with Gasteiger partial charge in [0.25, 0.3) is 0 Å². The van der Waals surface area contributed by atoms with Gasteiger partial charge in [0, 0.05) is 0 Å². The highest BCUT2D eigenvalue weighted by Crippen LogP contribution is 2.65. The van der Waals surface area contributed by atoms with E-state index in [0.29, 0.717) is 22.4 Å². The Kier molecular flexibility index (Phi) is 3.96. The van der Waals surface area contributed by atoms with E-state index in [4.69, 9.17) is 14.3 Å². The van der Waals surface area contributed by atoms with Crippen molar-refractivity contribution in [2.75, 3.05) is 6.61 Å². The van der Waals surface area contributed by atoms with Crippen molar-refractivity contribution in [1.29, 1.82) is 5.26 Å². The molecule has 0 bridgehead atoms. The zero-order chi connectivity index (χ0) is 16.4. The summed E-state index contributed by atoms with van der Waals surface area (Å²) in [6, 6.07) is 15.2. The molecule has 23 heavy (non-hydrogen) atoms. The molecule has 1 atom stereocenters. The molecule has 2 aromatic rings. The van der Waals surface area contributed by atoms with Gasteiger partial charge in [-0.15, -0.1) is 0 Å². The molecule has 1 N–H and O–H groups in total. The van der Waals surface area contributed by atoms with Crippen LogP contribution in [-0.2, 0) is 9.09 Å². The summed E-state index contributed by atoms with van der Waals surface area (Å²) in [6.07, 6.45) is 0. The van der Waals surface area contributed by atoms with E-state index < -0.39 is 7.60 Å². The van der Waals surface area contributed by atoms with E-state index in [1.807, 2.05) is 6.07 Å². The molecule has 1 aliphatic rings. The summed E-state index contributed by atoms with van der Waals surface area (Å²) in [4.78, 5) is 0. The van der Waals surface area contributed by atoms with Crippen LogP contribution in [0.15, 0.2) is 48.5 Å². The van der Waals surface area contributed by atoms with Crippen molar-refractivity contribution in [2.45, 2.75) is 6.92 Å². The van der Waals surface area contributed by atoms with E-state index in [1.54, 1.807) is 55.5 Å². The minimum absolute atomic E-state index is 0.113. The summed E-state index contributed by atoms with van der Waals surface area (Å²) in [5, 5.41) is 19.7. The third-order valence-electron chi connectivity index (χ3n) is 3.45. The highest BCUT2D eigenvalue weighted by atomic mass is 31.2. The van der Waals surface area contributed by atoms with Crippen LogP contribution in [0.25, 0.3) is 11.1 Å². The maximum atomic E-state index is 13.2. The highest BCUT2D eigenvalue weighted by Gasteiger charge is 2.41. The fourth-order valence-corrected chi connectivity index (χ4v) is 4.31. The number of hydrogen-bond donors (Lipinski definition) is 1. The summed E-state index contributed by atoms with van der Waals surface area (Å²) in [5.74, 6) is 0.188. The van der Waals surface area contributed by atoms with Crippen molar-refractivity contribution in [1.82, 2.24) is 0 Å². The molecule has 1 aliphatic heterocycles. The molecule has 0 radical (unpaired) electrons. The molecule has 0 saturated carbocycles. The number of nitriles is 1. The fourth-order valence-electron chi connectivity index (χ4n) is 2.43. The number of aliphatic hydroxyl groups excluding tert-OH is 1. The van der Waals surface area contributed by atoms with E-state index in [2.05, 4.69) is 0 Å². The minimum atomic E-state index is -3.71. The zero-order valence-electron chi connectivity index (χ0n) is 12.4. The van der Waals surface area contributed by atoms with Gasteiger partial charge >= 0.3 is 7.60 Å². The molecular formula is C17H14NO4P. The second-order valence-electron chi connectivity index (χ2n) is 4.89. The van der Waals surface area contributed by atoms with E-state index in [1.165, 1.54) is 0 Å². The second kappa shape index (κ2) is 5.92. The Morgan fingerprint density at radius 2 is 1.91 bits per heavy atom. The molecule has 0 spiro atoms. The van der Waals surface area contributed by atoms with Gasteiger partial charge in [-0.1, -0.05) is 24.3 Å². The number of fused-ring (bicyclic) bond motifs is 1. The van der Waals surface area contributed by atoms with Crippen LogP contribution in [0.2, 0.25) is 0 Å². The lowest BCUT2D eigenvalue weighted by atomic mass is 10.1. The molecule has 6 heteroatoms. The van der Waals surface area contributed by atoms with Gasteiger partial charge < -0.3 is 9.63 Å². The Morgan fingerprint density at radius 3 is 2.57 bits per heavy atom. The SMILES string of the molecule is CCOP1(=O)Oc2ccccc2C(O)=C1c1ccc(C#N)cc1. The van der Waals surface area contributed by atoms with Crippen LogP contribution in [0.1, 0.15) is 23.6 Å². The molecule has 2 aromatic carbocycles. The maximum Gasteiger partial charge on any atom is 0.415 e. The van der Waals surface area contributed by atoms with Crippen LogP contribution in [0.3, 0.4) is 0 Å². The largest absolute Gasteiger partial charge is 0.506 e. The summed E-state index contributed by atoms with van der Waals surface area (Å²) in [6.45, 7) is 1.88. The Balaban J connectivity index is 2.23. The number of hydrogen-bond acceptors (Lipinski definition) is 5. The maximum absolute atomic E-state index is 13.2. The Hall–Kier alpha value is -2.54. The van der Waals surface area contributed by atoms with Gasteiger partial charge in [-0.25, -0.2) is 4.57 Å². The topological polar surface area (TPSA) is 79.6 Å². The van der Waals surface area contributed by atoms with Gasteiger partial charge in [0.1, 0.15) is 16.8 Å². The Morgan fingerprint density at radius 1 is 1.22 bits per heavy atom. The molecule has 0 fully saturated rings. The van der Waals surface area contributed by atoms with Crippen molar-refractivity contribution in [3.05, 3.63) is 65.2 Å². The first-order valence-corrected chi connectivity index (χ1v) is 8.61. The lowest BCUT2D eigenvalue weighted by molar-refractivity contribution is 0.287. The van der Waals surface area contributed by atoms with E-state index >= 15 is 0 Å². The van der Waals surface area contributed by atoms with E-state index in [9.17, 15) is 9.67 Å². The van der Waals surface area contributed by atoms with E-state index in [-0.39, 0.29) is 17.7 Å². The van der Waals surface area contributed by atoms with Crippen LogP contribution in [0, 0.1) is 11.3 Å². The number of nitrogens with zero attached hydrogens (tertiary/aromatic N) is 1. The number of para-hydroxylation sites is 1. The Labute approximate surface area is 133 Å². The summed E-state index contributed by atoms with van der Waals surface area (Å²) in [7, 11) is -3.71. The van der Waals surface area contributed by atoms with Crippen LogP contribution in [0.5, 0.6) is 5.75 Å². The normalized spacial score (nSPS) is 19.7. The molecule has 0 aliphatic carbocycles. The van der Waals surface area contributed by atoms with Crippen molar-refractivity contribution in [2.24, 2.45) is 0 Å². The molecule has 0 amide bonds. The van der Waals surface area contributed by atoms with Gasteiger partial charge in [-0.3, -0.25) is 4.52 Å². The standard InChI is InChI=1S/C17H14NO4P/c1-2-21-23(20)17(13-9-7-12(11-18)8-10-13)16(19)14-5-3-4-6-15(14)22-23/h3-10,19H,2H2,1H3. The van der Waals surface area contributed by atoms with Gasteiger partial charge in [0.15, 0.2) is 0 Å². The predicted molar refractivity (Wildman–Crippen MR) is 86.9 cm³/mol. The van der Waals surface area contributed by atoms with Gasteiger partial charge in [0.05, 0.1) is 23.8 Å².